The van der Waals surface area contributed by atoms with E-state index in [0.29, 0.717) is 31.9 Å². The van der Waals surface area contributed by atoms with Gasteiger partial charge in [0, 0.05) is 49.8 Å². The first-order valence-corrected chi connectivity index (χ1v) is 10.8. The van der Waals surface area contributed by atoms with E-state index < -0.39 is 0 Å². The summed E-state index contributed by atoms with van der Waals surface area (Å²) in [6.45, 7) is 4.37. The number of nitrogens with zero attached hydrogens (tertiary/aromatic N) is 5. The zero-order valence-electron chi connectivity index (χ0n) is 17.8. The van der Waals surface area contributed by atoms with E-state index in [4.69, 9.17) is 9.72 Å². The molecule has 2 fully saturated rings. The Kier molecular flexibility index (Phi) is 6.71. The van der Waals surface area contributed by atoms with Crippen LogP contribution in [0, 0.1) is 6.92 Å². The highest BCUT2D eigenvalue weighted by Gasteiger charge is 2.31. The molecule has 0 spiro atoms. The molecule has 0 saturated carbocycles. The molecule has 1 unspecified atom stereocenters. The van der Waals surface area contributed by atoms with Gasteiger partial charge in [0.05, 0.1) is 24.5 Å². The van der Waals surface area contributed by atoms with Crippen LogP contribution in [0.1, 0.15) is 43.1 Å². The second-order valence-corrected chi connectivity index (χ2v) is 7.92. The van der Waals surface area contributed by atoms with Crippen molar-refractivity contribution in [1.82, 2.24) is 24.8 Å². The molecule has 1 N–H and O–H groups in total. The number of aryl methyl sites for hydroxylation is 1. The minimum absolute atomic E-state index is 0.0229. The van der Waals surface area contributed by atoms with Crippen molar-refractivity contribution in [2.24, 2.45) is 0 Å². The lowest BCUT2D eigenvalue weighted by Crippen LogP contribution is -2.35. The van der Waals surface area contributed by atoms with Gasteiger partial charge in [0.1, 0.15) is 12.4 Å². The number of anilines is 2. The second-order valence-electron chi connectivity index (χ2n) is 7.92. The molecular formula is C22H28N6O3. The number of rotatable bonds is 8. The molecule has 2 aromatic rings. The molecule has 2 amide bonds. The van der Waals surface area contributed by atoms with Crippen molar-refractivity contribution in [2.75, 3.05) is 38.2 Å². The van der Waals surface area contributed by atoms with Crippen LogP contribution in [-0.4, -0.2) is 69.4 Å². The first-order chi connectivity index (χ1) is 15.1. The van der Waals surface area contributed by atoms with Crippen molar-refractivity contribution < 1.29 is 14.3 Å². The number of hydrogen-bond donors (Lipinski definition) is 1. The smallest absolute Gasteiger partial charge is 0.249 e. The molecule has 0 radical (unpaired) electrons. The predicted octanol–water partition coefficient (Wildman–Crippen LogP) is 2.23. The third-order valence-corrected chi connectivity index (χ3v) is 5.63. The maximum Gasteiger partial charge on any atom is 0.249 e. The van der Waals surface area contributed by atoms with Crippen LogP contribution in [0.2, 0.25) is 0 Å². The Bertz CT molecular complexity index is 923. The van der Waals surface area contributed by atoms with Gasteiger partial charge in [-0.3, -0.25) is 19.6 Å². The van der Waals surface area contributed by atoms with Crippen molar-refractivity contribution in [3.05, 3.63) is 42.1 Å². The Balaban J connectivity index is 1.36. The monoisotopic (exact) mass is 424 g/mol. The molecule has 0 aromatic carbocycles. The number of carbonyl (C=O) groups excluding carboxylic acids is 2. The third-order valence-electron chi connectivity index (χ3n) is 5.63. The van der Waals surface area contributed by atoms with E-state index in [1.165, 1.54) is 0 Å². The lowest BCUT2D eigenvalue weighted by Gasteiger charge is -2.25. The molecule has 2 aromatic heterocycles. The molecule has 9 heteroatoms. The van der Waals surface area contributed by atoms with Crippen LogP contribution < -0.4 is 5.32 Å². The normalized spacial score (nSPS) is 18.6. The standard InChI is InChI=1S/C22H28N6O3/c1-16-12-17(26-20-14-23-6-7-24-20)13-18(25-16)19-4-2-9-28(19)22(30)15-31-11-10-27-8-3-5-21(27)29/h6-7,12-14,19H,2-5,8-11,15H2,1H3,(H,24,25,26). The van der Waals surface area contributed by atoms with E-state index in [0.717, 1.165) is 42.9 Å². The van der Waals surface area contributed by atoms with Crippen molar-refractivity contribution in [1.29, 1.82) is 0 Å². The lowest BCUT2D eigenvalue weighted by molar-refractivity contribution is -0.137. The highest BCUT2D eigenvalue weighted by Crippen LogP contribution is 2.32. The number of nitrogens with one attached hydrogen (secondary N) is 1. The maximum atomic E-state index is 12.8. The van der Waals surface area contributed by atoms with E-state index in [-0.39, 0.29) is 24.5 Å². The van der Waals surface area contributed by atoms with Gasteiger partial charge in [-0.1, -0.05) is 0 Å². The van der Waals surface area contributed by atoms with Gasteiger partial charge in [-0.2, -0.15) is 0 Å². The summed E-state index contributed by atoms with van der Waals surface area (Å²) in [5.74, 6) is 0.788. The topological polar surface area (TPSA) is 101 Å². The largest absolute Gasteiger partial charge is 0.370 e. The Morgan fingerprint density at radius 2 is 2.16 bits per heavy atom. The van der Waals surface area contributed by atoms with Gasteiger partial charge in [0.2, 0.25) is 11.8 Å². The minimum atomic E-state index is -0.0708. The summed E-state index contributed by atoms with van der Waals surface area (Å²) in [5, 5.41) is 3.25. The Morgan fingerprint density at radius 3 is 2.94 bits per heavy atom. The summed E-state index contributed by atoms with van der Waals surface area (Å²) in [7, 11) is 0. The molecule has 31 heavy (non-hydrogen) atoms. The van der Waals surface area contributed by atoms with Crippen molar-refractivity contribution in [3.8, 4) is 0 Å². The molecule has 4 rings (SSSR count). The Labute approximate surface area is 181 Å². The van der Waals surface area contributed by atoms with Gasteiger partial charge >= 0.3 is 0 Å². The van der Waals surface area contributed by atoms with Crippen LogP contribution in [0.3, 0.4) is 0 Å². The molecule has 4 heterocycles. The number of carbonyl (C=O) groups is 2. The predicted molar refractivity (Wildman–Crippen MR) is 115 cm³/mol. The second kappa shape index (κ2) is 9.82. The zero-order chi connectivity index (χ0) is 21.6. The average molecular weight is 425 g/mol. The molecule has 2 aliphatic heterocycles. The van der Waals surface area contributed by atoms with E-state index in [1.807, 2.05) is 24.0 Å². The zero-order valence-corrected chi connectivity index (χ0v) is 17.8. The van der Waals surface area contributed by atoms with Gasteiger partial charge in [-0.05, 0) is 38.3 Å². The number of hydrogen-bond acceptors (Lipinski definition) is 7. The van der Waals surface area contributed by atoms with Crippen molar-refractivity contribution >= 4 is 23.3 Å². The number of likely N-dealkylation sites (tertiary alicyclic amines) is 2. The van der Waals surface area contributed by atoms with Crippen LogP contribution in [-0.2, 0) is 14.3 Å². The van der Waals surface area contributed by atoms with Crippen LogP contribution in [0.25, 0.3) is 0 Å². The summed E-state index contributed by atoms with van der Waals surface area (Å²) in [4.78, 5) is 41.1. The van der Waals surface area contributed by atoms with Gasteiger partial charge in [-0.25, -0.2) is 4.98 Å². The van der Waals surface area contributed by atoms with E-state index >= 15 is 0 Å². The first kappa shape index (κ1) is 21.2. The molecule has 1 atom stereocenters. The number of amides is 2. The van der Waals surface area contributed by atoms with Crippen LogP contribution in [0.15, 0.2) is 30.7 Å². The number of aromatic nitrogens is 3. The van der Waals surface area contributed by atoms with E-state index in [9.17, 15) is 9.59 Å². The molecule has 2 saturated heterocycles. The highest BCUT2D eigenvalue weighted by atomic mass is 16.5. The SMILES string of the molecule is Cc1cc(Nc2cnccn2)cc(C2CCCN2C(=O)COCCN2CCCC2=O)n1. The lowest BCUT2D eigenvalue weighted by atomic mass is 10.1. The van der Waals surface area contributed by atoms with Crippen molar-refractivity contribution in [3.63, 3.8) is 0 Å². The Hall–Kier alpha value is -3.07. The molecule has 2 aliphatic rings. The number of ether oxygens (including phenoxy) is 1. The van der Waals surface area contributed by atoms with Gasteiger partial charge in [0.25, 0.3) is 0 Å². The fourth-order valence-corrected chi connectivity index (χ4v) is 4.18. The summed E-state index contributed by atoms with van der Waals surface area (Å²) in [5.41, 5.74) is 2.60. The fourth-order valence-electron chi connectivity index (χ4n) is 4.18. The Morgan fingerprint density at radius 1 is 1.26 bits per heavy atom. The molecule has 0 aliphatic carbocycles. The number of pyridine rings is 1. The highest BCUT2D eigenvalue weighted by molar-refractivity contribution is 5.78. The summed E-state index contributed by atoms with van der Waals surface area (Å²) < 4.78 is 5.60. The van der Waals surface area contributed by atoms with Crippen molar-refractivity contribution in [2.45, 2.75) is 38.6 Å². The molecular weight excluding hydrogens is 396 g/mol. The molecule has 164 valence electrons. The van der Waals surface area contributed by atoms with E-state index in [1.54, 1.807) is 23.5 Å². The van der Waals surface area contributed by atoms with Crippen LogP contribution >= 0.6 is 0 Å². The molecule has 9 nitrogen and oxygen atoms in total. The van der Waals surface area contributed by atoms with Gasteiger partial charge in [-0.15, -0.1) is 0 Å². The summed E-state index contributed by atoms with van der Waals surface area (Å²) >= 11 is 0. The first-order valence-electron chi connectivity index (χ1n) is 10.8. The fraction of sp³-hybridized carbons (Fsp3) is 0.500. The van der Waals surface area contributed by atoms with Gasteiger partial charge in [0.15, 0.2) is 0 Å². The van der Waals surface area contributed by atoms with Crippen LogP contribution in [0.4, 0.5) is 11.5 Å². The minimum Gasteiger partial charge on any atom is -0.370 e. The summed E-state index contributed by atoms with van der Waals surface area (Å²) in [6, 6.07) is 3.85. The molecule has 0 bridgehead atoms. The summed E-state index contributed by atoms with van der Waals surface area (Å²) in [6.07, 6.45) is 8.25. The third kappa shape index (κ3) is 5.35. The quantitative estimate of drug-likeness (QED) is 0.649. The van der Waals surface area contributed by atoms with Crippen LogP contribution in [0.5, 0.6) is 0 Å². The average Bonchev–Trinajstić information content (AvgIpc) is 3.41. The van der Waals surface area contributed by atoms with E-state index in [2.05, 4.69) is 15.3 Å². The van der Waals surface area contributed by atoms with Gasteiger partial charge < -0.3 is 19.9 Å². The maximum absolute atomic E-state index is 12.8.